The SMILES string of the molecule is CC(C)/C=C/[C@@]1(N=[N+]=[N-])O[C@@H](n2cnc3c(=O)[nH]cnc32)[C@H](O)[C@@H]1O.[2HH]. The van der Waals surface area contributed by atoms with Crippen molar-refractivity contribution in [2.24, 2.45) is 11.0 Å². The van der Waals surface area contributed by atoms with Crippen molar-refractivity contribution < 1.29 is 16.4 Å². The highest BCUT2D eigenvalue weighted by molar-refractivity contribution is 5.68. The molecule has 1 fully saturated rings. The predicted octanol–water partition coefficient (Wildman–Crippen LogP) is 0.835. The van der Waals surface area contributed by atoms with Gasteiger partial charge >= 0.3 is 0 Å². The summed E-state index contributed by atoms with van der Waals surface area (Å²) >= 11 is 0. The van der Waals surface area contributed by atoms with Gasteiger partial charge < -0.3 is 19.9 Å². The highest BCUT2D eigenvalue weighted by Gasteiger charge is 2.53. The zero-order valence-electron chi connectivity index (χ0n) is 13.5. The number of allylic oxidation sites excluding steroid dienone is 1. The monoisotopic (exact) mass is 350 g/mol. The fourth-order valence-electron chi connectivity index (χ4n) is 2.66. The van der Waals surface area contributed by atoms with Crippen LogP contribution in [0.25, 0.3) is 21.6 Å². The van der Waals surface area contributed by atoms with Gasteiger partial charge in [0.15, 0.2) is 23.1 Å². The van der Waals surface area contributed by atoms with Gasteiger partial charge in [0.1, 0.15) is 12.2 Å². The smallest absolute Gasteiger partial charge is 0.278 e. The fourth-order valence-corrected chi connectivity index (χ4v) is 2.66. The number of aliphatic hydroxyl groups is 2. The van der Waals surface area contributed by atoms with Crippen LogP contribution in [-0.4, -0.2) is 47.7 Å². The number of nitrogens with zero attached hydrogens (tertiary/aromatic N) is 6. The Hall–Kier alpha value is -2.72. The lowest BCUT2D eigenvalue weighted by atomic mass is 10.0. The molecule has 11 heteroatoms. The molecule has 2 aromatic heterocycles. The maximum absolute atomic E-state index is 11.8. The second-order valence-corrected chi connectivity index (χ2v) is 6.04. The molecule has 2 aromatic rings. The first-order chi connectivity index (χ1) is 11.9. The van der Waals surface area contributed by atoms with Crippen molar-refractivity contribution in [2.45, 2.75) is 38.0 Å². The highest BCUT2D eigenvalue weighted by atomic mass is 16.6. The van der Waals surface area contributed by atoms with Crippen LogP contribution < -0.4 is 5.56 Å². The van der Waals surface area contributed by atoms with E-state index in [1.54, 1.807) is 6.08 Å². The Morgan fingerprint density at radius 3 is 3.00 bits per heavy atom. The molecule has 1 aliphatic rings. The Kier molecular flexibility index (Phi) is 4.31. The molecule has 0 aliphatic carbocycles. The first kappa shape index (κ1) is 17.1. The van der Waals surface area contributed by atoms with E-state index in [0.717, 1.165) is 0 Å². The first-order valence-corrected chi connectivity index (χ1v) is 7.59. The summed E-state index contributed by atoms with van der Waals surface area (Å²) in [6, 6.07) is 0. The maximum Gasteiger partial charge on any atom is 0.278 e. The number of azide groups is 1. The zero-order valence-corrected chi connectivity index (χ0v) is 13.5. The zero-order chi connectivity index (χ0) is 18.2. The second-order valence-electron chi connectivity index (χ2n) is 6.04. The molecule has 4 atom stereocenters. The van der Waals surface area contributed by atoms with Gasteiger partial charge in [0, 0.05) is 6.34 Å². The molecule has 0 spiro atoms. The van der Waals surface area contributed by atoms with Crippen molar-refractivity contribution in [1.29, 1.82) is 0 Å². The van der Waals surface area contributed by atoms with Gasteiger partial charge in [0.2, 0.25) is 0 Å². The summed E-state index contributed by atoms with van der Waals surface area (Å²) in [4.78, 5) is 24.9. The second kappa shape index (κ2) is 6.30. The molecule has 134 valence electrons. The summed E-state index contributed by atoms with van der Waals surface area (Å²) in [5.74, 6) is 0.104. The number of hydrogen-bond donors (Lipinski definition) is 3. The van der Waals surface area contributed by atoms with E-state index in [0.29, 0.717) is 0 Å². The molecule has 11 nitrogen and oxygen atoms in total. The molecule has 0 radical (unpaired) electrons. The number of aromatic nitrogens is 4. The van der Waals surface area contributed by atoms with Crippen LogP contribution in [0.1, 0.15) is 21.5 Å². The Morgan fingerprint density at radius 2 is 2.32 bits per heavy atom. The van der Waals surface area contributed by atoms with Crippen LogP contribution in [0.4, 0.5) is 0 Å². The van der Waals surface area contributed by atoms with Gasteiger partial charge in [-0.05, 0) is 17.5 Å². The van der Waals surface area contributed by atoms with E-state index < -0.39 is 29.7 Å². The lowest BCUT2D eigenvalue weighted by Gasteiger charge is -2.23. The van der Waals surface area contributed by atoms with Crippen molar-refractivity contribution in [1.82, 2.24) is 19.5 Å². The fraction of sp³-hybridized carbons (Fsp3) is 0.500. The molecule has 0 bridgehead atoms. The molecule has 1 aliphatic heterocycles. The van der Waals surface area contributed by atoms with E-state index in [2.05, 4.69) is 25.0 Å². The number of H-pyrrole nitrogens is 1. The summed E-state index contributed by atoms with van der Waals surface area (Å²) in [5.41, 5.74) is 6.87. The molecule has 3 rings (SSSR count). The van der Waals surface area contributed by atoms with E-state index >= 15 is 0 Å². The van der Waals surface area contributed by atoms with Gasteiger partial charge in [0.05, 0.1) is 12.7 Å². The number of fused-ring (bicyclic) bond motifs is 1. The third kappa shape index (κ3) is 2.79. The van der Waals surface area contributed by atoms with E-state index in [4.69, 9.17) is 10.3 Å². The van der Waals surface area contributed by atoms with Gasteiger partial charge in [-0.15, -0.1) is 0 Å². The number of aromatic amines is 1. The molecule has 25 heavy (non-hydrogen) atoms. The standard InChI is InChI=1S/C14H17N7O4.H2/c1-7(2)3-4-14(19-20-15)10(23)9(22)13(25-14)21-6-18-8-11(21)16-5-17-12(8)24;/h3-7,9-10,13,22-23H,1-2H3,(H,16,17,24);1H/b4-3+;/t9-,10+,13-,14-;/m1./s1/i;1+1. The number of imidazole rings is 1. The Bertz CT molecular complexity index is 919. The van der Waals surface area contributed by atoms with E-state index in [-0.39, 0.29) is 18.5 Å². The molecular formula is C14H19N7O4. The van der Waals surface area contributed by atoms with Crippen molar-refractivity contribution in [3.63, 3.8) is 0 Å². The largest absolute Gasteiger partial charge is 0.387 e. The normalized spacial score (nSPS) is 29.6. The Morgan fingerprint density at radius 1 is 1.56 bits per heavy atom. The van der Waals surface area contributed by atoms with Gasteiger partial charge in [-0.1, -0.05) is 25.0 Å². The summed E-state index contributed by atoms with van der Waals surface area (Å²) < 4.78 is 7.04. The molecular weight excluding hydrogens is 330 g/mol. The van der Waals surface area contributed by atoms with Crippen LogP contribution in [0.5, 0.6) is 0 Å². The van der Waals surface area contributed by atoms with Crippen molar-refractivity contribution in [2.75, 3.05) is 0 Å². The summed E-state index contributed by atoms with van der Waals surface area (Å²) in [6.07, 6.45) is 1.50. The lowest BCUT2D eigenvalue weighted by Crippen LogP contribution is -2.39. The number of ether oxygens (including phenoxy) is 1. The number of rotatable bonds is 4. The average molecular weight is 350 g/mol. The van der Waals surface area contributed by atoms with Crippen LogP contribution >= 0.6 is 0 Å². The molecule has 0 unspecified atom stereocenters. The molecule has 1 saturated heterocycles. The molecule has 0 amide bonds. The van der Waals surface area contributed by atoms with Crippen LogP contribution in [0.3, 0.4) is 0 Å². The molecule has 0 aromatic carbocycles. The lowest BCUT2D eigenvalue weighted by molar-refractivity contribution is -0.0698. The van der Waals surface area contributed by atoms with Crippen LogP contribution in [0.15, 0.2) is 34.7 Å². The molecule has 0 saturated carbocycles. The third-order valence-corrected chi connectivity index (χ3v) is 3.91. The predicted molar refractivity (Wildman–Crippen MR) is 88.3 cm³/mol. The summed E-state index contributed by atoms with van der Waals surface area (Å²) in [7, 11) is 0. The first-order valence-electron chi connectivity index (χ1n) is 7.59. The average Bonchev–Trinajstić information content (AvgIpc) is 3.10. The van der Waals surface area contributed by atoms with E-state index in [1.165, 1.54) is 23.3 Å². The van der Waals surface area contributed by atoms with Gasteiger partial charge in [-0.2, -0.15) is 0 Å². The van der Waals surface area contributed by atoms with Gasteiger partial charge in [-0.3, -0.25) is 9.36 Å². The minimum absolute atomic E-state index is 0. The summed E-state index contributed by atoms with van der Waals surface area (Å²) in [6.45, 7) is 3.80. The maximum atomic E-state index is 11.8. The van der Waals surface area contributed by atoms with Crippen LogP contribution in [0.2, 0.25) is 0 Å². The van der Waals surface area contributed by atoms with Crippen molar-refractivity contribution >= 4 is 11.2 Å². The molecule has 3 N–H and O–H groups in total. The molecule has 3 heterocycles. The van der Waals surface area contributed by atoms with Crippen LogP contribution in [0, 0.1) is 5.92 Å². The third-order valence-electron chi connectivity index (χ3n) is 3.91. The minimum Gasteiger partial charge on any atom is -0.387 e. The van der Waals surface area contributed by atoms with Crippen LogP contribution in [-0.2, 0) is 4.74 Å². The topological polar surface area (TPSA) is 162 Å². The van der Waals surface area contributed by atoms with Gasteiger partial charge in [-0.25, -0.2) is 9.97 Å². The summed E-state index contributed by atoms with van der Waals surface area (Å²) in [5, 5.41) is 24.4. The van der Waals surface area contributed by atoms with E-state index in [1.807, 2.05) is 13.8 Å². The number of hydrogen-bond acceptors (Lipinski definition) is 7. The van der Waals surface area contributed by atoms with E-state index in [9.17, 15) is 15.0 Å². The minimum atomic E-state index is -1.78. The number of aliphatic hydroxyl groups excluding tert-OH is 2. The quantitative estimate of drug-likeness (QED) is 0.320. The van der Waals surface area contributed by atoms with Gasteiger partial charge in [0.25, 0.3) is 5.56 Å². The Labute approximate surface area is 142 Å². The highest BCUT2D eigenvalue weighted by Crippen LogP contribution is 2.40. The number of nitrogens with one attached hydrogen (secondary N) is 1. The van der Waals surface area contributed by atoms with Crippen molar-refractivity contribution in [3.05, 3.63) is 45.6 Å². The Balaban J connectivity index is 0.00000243. The van der Waals surface area contributed by atoms with Crippen molar-refractivity contribution in [3.8, 4) is 0 Å².